The Balaban J connectivity index is 1.88. The van der Waals surface area contributed by atoms with Crippen LogP contribution in [-0.2, 0) is 4.79 Å². The van der Waals surface area contributed by atoms with Gasteiger partial charge in [-0.3, -0.25) is 19.7 Å². The Kier molecular flexibility index (Phi) is 6.23. The number of phenols is 1. The van der Waals surface area contributed by atoms with E-state index in [0.29, 0.717) is 5.56 Å². The third-order valence-electron chi connectivity index (χ3n) is 3.13. The van der Waals surface area contributed by atoms with Gasteiger partial charge in [0.2, 0.25) is 0 Å². The van der Waals surface area contributed by atoms with Crippen molar-refractivity contribution in [3.8, 4) is 5.75 Å². The summed E-state index contributed by atoms with van der Waals surface area (Å²) in [4.78, 5) is 33.5. The van der Waals surface area contributed by atoms with Crippen LogP contribution in [-0.4, -0.2) is 34.6 Å². The smallest absolute Gasteiger partial charge is 0.311 e. The largest absolute Gasteiger partial charge is 0.502 e. The Morgan fingerprint density at radius 1 is 1.27 bits per heavy atom. The maximum atomic E-state index is 11.9. The third kappa shape index (κ3) is 5.02. The minimum atomic E-state index is -0.741. The van der Waals surface area contributed by atoms with Gasteiger partial charge in [-0.1, -0.05) is 23.7 Å². The second-order valence-corrected chi connectivity index (χ2v) is 5.37. The fourth-order valence-corrected chi connectivity index (χ4v) is 2.11. The van der Waals surface area contributed by atoms with E-state index in [1.54, 1.807) is 18.2 Å². The second-order valence-electron chi connectivity index (χ2n) is 4.96. The topological polar surface area (TPSA) is 134 Å². The number of amides is 2. The van der Waals surface area contributed by atoms with E-state index in [4.69, 9.17) is 11.6 Å². The van der Waals surface area contributed by atoms with Gasteiger partial charge in [-0.2, -0.15) is 5.10 Å². The van der Waals surface area contributed by atoms with Gasteiger partial charge in [0.15, 0.2) is 5.75 Å². The van der Waals surface area contributed by atoms with Crippen LogP contribution in [0.4, 0.5) is 5.69 Å². The minimum absolute atomic E-state index is 0.238. The first-order valence-electron chi connectivity index (χ1n) is 7.20. The summed E-state index contributed by atoms with van der Waals surface area (Å²) in [6.45, 7) is -0.336. The number of nitrogens with one attached hydrogen (secondary N) is 2. The minimum Gasteiger partial charge on any atom is -0.502 e. The lowest BCUT2D eigenvalue weighted by Gasteiger charge is -2.05. The molecule has 9 nitrogen and oxygen atoms in total. The lowest BCUT2D eigenvalue weighted by Crippen LogP contribution is -2.35. The Bertz CT molecular complexity index is 885. The predicted octanol–water partition coefficient (Wildman–Crippen LogP) is 1.83. The number of carbonyl (C=O) groups is 2. The van der Waals surface area contributed by atoms with Gasteiger partial charge in [-0.25, -0.2) is 5.43 Å². The summed E-state index contributed by atoms with van der Waals surface area (Å²) in [5, 5.41) is 26.4. The molecule has 0 aromatic heterocycles. The zero-order chi connectivity index (χ0) is 19.1. The summed E-state index contributed by atoms with van der Waals surface area (Å²) in [6, 6.07) is 10.0. The Morgan fingerprint density at radius 2 is 2.00 bits per heavy atom. The molecule has 2 amide bonds. The summed E-state index contributed by atoms with van der Waals surface area (Å²) < 4.78 is 0. The fraction of sp³-hybridized carbons (Fsp3) is 0.0625. The number of hydrazone groups is 1. The molecule has 0 aliphatic heterocycles. The van der Waals surface area contributed by atoms with Crippen LogP contribution in [0.5, 0.6) is 5.75 Å². The molecule has 0 spiro atoms. The third-order valence-corrected chi connectivity index (χ3v) is 3.46. The van der Waals surface area contributed by atoms with Crippen LogP contribution in [0.25, 0.3) is 0 Å². The van der Waals surface area contributed by atoms with Crippen molar-refractivity contribution < 1.29 is 19.6 Å². The molecule has 3 N–H and O–H groups in total. The summed E-state index contributed by atoms with van der Waals surface area (Å²) in [5.41, 5.74) is 2.23. The zero-order valence-corrected chi connectivity index (χ0v) is 13.9. The van der Waals surface area contributed by atoms with E-state index < -0.39 is 28.2 Å². The van der Waals surface area contributed by atoms with Gasteiger partial charge < -0.3 is 10.4 Å². The molecule has 10 heteroatoms. The van der Waals surface area contributed by atoms with Crippen molar-refractivity contribution >= 4 is 35.3 Å². The van der Waals surface area contributed by atoms with Gasteiger partial charge in [0.1, 0.15) is 0 Å². The number of rotatable bonds is 6. The Morgan fingerprint density at radius 3 is 2.69 bits per heavy atom. The van der Waals surface area contributed by atoms with Gasteiger partial charge >= 0.3 is 5.69 Å². The molecule has 0 aliphatic rings. The number of phenolic OH excluding ortho intramolecular Hbond substituents is 1. The molecular weight excluding hydrogens is 364 g/mol. The normalized spacial score (nSPS) is 10.5. The molecule has 2 aromatic rings. The summed E-state index contributed by atoms with van der Waals surface area (Å²) in [7, 11) is 0. The molecule has 0 heterocycles. The predicted molar refractivity (Wildman–Crippen MR) is 94.3 cm³/mol. The van der Waals surface area contributed by atoms with Crippen LogP contribution < -0.4 is 10.7 Å². The SMILES string of the molecule is O=C(CNC(=O)c1ccccc1Cl)N/N=C\c1ccc(O)c([N+](=O)[O-])c1. The highest BCUT2D eigenvalue weighted by Gasteiger charge is 2.13. The molecule has 2 aromatic carbocycles. The van der Waals surface area contributed by atoms with Gasteiger partial charge in [0.05, 0.1) is 28.3 Å². The van der Waals surface area contributed by atoms with E-state index >= 15 is 0 Å². The number of halogens is 1. The quantitative estimate of drug-likeness (QED) is 0.401. The Hall–Kier alpha value is -3.46. The number of nitrogens with zero attached hydrogens (tertiary/aromatic N) is 2. The molecule has 0 fully saturated rings. The van der Waals surface area contributed by atoms with Crippen LogP contribution in [0.2, 0.25) is 5.02 Å². The first-order valence-corrected chi connectivity index (χ1v) is 7.58. The molecular formula is C16H13ClN4O5. The number of carbonyl (C=O) groups excluding carboxylic acids is 2. The van der Waals surface area contributed by atoms with Gasteiger partial charge in [0.25, 0.3) is 11.8 Å². The van der Waals surface area contributed by atoms with Gasteiger partial charge in [0, 0.05) is 11.6 Å². The number of nitro benzene ring substituents is 1. The molecule has 0 saturated carbocycles. The zero-order valence-electron chi connectivity index (χ0n) is 13.2. The van der Waals surface area contributed by atoms with Crippen LogP contribution in [0.3, 0.4) is 0 Å². The average Bonchev–Trinajstić information content (AvgIpc) is 2.61. The summed E-state index contributed by atoms with van der Waals surface area (Å²) in [5.74, 6) is -1.59. The summed E-state index contributed by atoms with van der Waals surface area (Å²) >= 11 is 5.88. The van der Waals surface area contributed by atoms with Crippen molar-refractivity contribution in [2.24, 2.45) is 5.10 Å². The molecule has 0 aliphatic carbocycles. The fourth-order valence-electron chi connectivity index (χ4n) is 1.89. The maximum absolute atomic E-state index is 11.9. The second kappa shape index (κ2) is 8.58. The van der Waals surface area contributed by atoms with E-state index in [1.165, 1.54) is 18.3 Å². The molecule has 0 radical (unpaired) electrons. The molecule has 134 valence electrons. The lowest BCUT2D eigenvalue weighted by molar-refractivity contribution is -0.385. The highest BCUT2D eigenvalue weighted by molar-refractivity contribution is 6.33. The molecule has 2 rings (SSSR count). The van der Waals surface area contributed by atoms with Crippen LogP contribution in [0.15, 0.2) is 47.6 Å². The van der Waals surface area contributed by atoms with Crippen molar-refractivity contribution in [3.63, 3.8) is 0 Å². The number of hydrogen-bond acceptors (Lipinski definition) is 6. The standard InChI is InChI=1S/C16H13ClN4O5/c17-12-4-2-1-3-11(12)16(24)18-9-15(23)20-19-8-10-5-6-14(22)13(7-10)21(25)26/h1-8,22H,9H2,(H,18,24)(H,20,23)/b19-8-. The van der Waals surface area contributed by atoms with Gasteiger partial charge in [-0.15, -0.1) is 0 Å². The van der Waals surface area contributed by atoms with Crippen molar-refractivity contribution in [1.29, 1.82) is 0 Å². The van der Waals surface area contributed by atoms with E-state index in [-0.39, 0.29) is 17.1 Å². The van der Waals surface area contributed by atoms with Crippen molar-refractivity contribution in [2.45, 2.75) is 0 Å². The highest BCUT2D eigenvalue weighted by atomic mass is 35.5. The average molecular weight is 377 g/mol. The molecule has 0 bridgehead atoms. The Labute approximate surface area is 152 Å². The van der Waals surface area contributed by atoms with E-state index in [2.05, 4.69) is 15.8 Å². The maximum Gasteiger partial charge on any atom is 0.311 e. The molecule has 26 heavy (non-hydrogen) atoms. The van der Waals surface area contributed by atoms with Crippen LogP contribution in [0.1, 0.15) is 15.9 Å². The monoisotopic (exact) mass is 376 g/mol. The number of aromatic hydroxyl groups is 1. The first-order chi connectivity index (χ1) is 12.4. The molecule has 0 saturated heterocycles. The van der Waals surface area contributed by atoms with Crippen molar-refractivity contribution in [2.75, 3.05) is 6.54 Å². The molecule has 0 unspecified atom stereocenters. The number of hydrogen-bond donors (Lipinski definition) is 3. The van der Waals surface area contributed by atoms with E-state index in [1.807, 2.05) is 0 Å². The van der Waals surface area contributed by atoms with E-state index in [0.717, 1.165) is 12.1 Å². The first kappa shape index (κ1) is 18.9. The summed E-state index contributed by atoms with van der Waals surface area (Å²) in [6.07, 6.45) is 1.17. The lowest BCUT2D eigenvalue weighted by atomic mass is 10.2. The van der Waals surface area contributed by atoms with Crippen LogP contribution >= 0.6 is 11.6 Å². The number of benzene rings is 2. The number of nitro groups is 1. The van der Waals surface area contributed by atoms with Gasteiger partial charge in [-0.05, 0) is 24.3 Å². The highest BCUT2D eigenvalue weighted by Crippen LogP contribution is 2.25. The van der Waals surface area contributed by atoms with E-state index in [9.17, 15) is 24.8 Å². The van der Waals surface area contributed by atoms with Crippen LogP contribution in [0, 0.1) is 10.1 Å². The molecule has 0 atom stereocenters. The van der Waals surface area contributed by atoms with Crippen molar-refractivity contribution in [1.82, 2.24) is 10.7 Å². The van der Waals surface area contributed by atoms with Crippen molar-refractivity contribution in [3.05, 3.63) is 68.7 Å².